The minimum atomic E-state index is -0.769. The van der Waals surface area contributed by atoms with Crippen molar-refractivity contribution in [1.29, 1.82) is 0 Å². The van der Waals surface area contributed by atoms with Crippen LogP contribution < -0.4 is 0 Å². The van der Waals surface area contributed by atoms with Gasteiger partial charge in [-0.25, -0.2) is 0 Å². The fourth-order valence-corrected chi connectivity index (χ4v) is 2.96. The summed E-state index contributed by atoms with van der Waals surface area (Å²) < 4.78 is 10.4. The Bertz CT molecular complexity index is 402. The molecule has 0 radical (unpaired) electrons. The number of aliphatic carboxylic acids is 1. The lowest BCUT2D eigenvalue weighted by molar-refractivity contribution is -0.152. The van der Waals surface area contributed by atoms with Gasteiger partial charge in [-0.2, -0.15) is 0 Å². The van der Waals surface area contributed by atoms with E-state index in [4.69, 9.17) is 9.26 Å². The molecular weight excluding hydrogens is 210 g/mol. The van der Waals surface area contributed by atoms with E-state index in [0.29, 0.717) is 12.8 Å². The largest absolute Gasteiger partial charge is 0.481 e. The van der Waals surface area contributed by atoms with Crippen LogP contribution in [0, 0.1) is 5.41 Å². The molecule has 1 aromatic rings. The van der Waals surface area contributed by atoms with Crippen LogP contribution in [0.1, 0.15) is 24.8 Å². The molecule has 0 aromatic carbocycles. The Labute approximate surface area is 92.4 Å². The summed E-state index contributed by atoms with van der Waals surface area (Å²) in [6.45, 7) is 0. The van der Waals surface area contributed by atoms with Gasteiger partial charge < -0.3 is 14.4 Å². The second kappa shape index (κ2) is 3.31. The van der Waals surface area contributed by atoms with E-state index in [2.05, 4.69) is 5.16 Å². The van der Waals surface area contributed by atoms with Gasteiger partial charge >= 0.3 is 5.97 Å². The maximum absolute atomic E-state index is 11.5. The van der Waals surface area contributed by atoms with E-state index < -0.39 is 11.4 Å². The number of rotatable bonds is 3. The predicted octanol–water partition coefficient (Wildman–Crippen LogP) is 1.24. The minimum Gasteiger partial charge on any atom is -0.481 e. The maximum atomic E-state index is 11.5. The van der Waals surface area contributed by atoms with E-state index in [1.54, 1.807) is 6.20 Å². The van der Waals surface area contributed by atoms with Gasteiger partial charge in [0.1, 0.15) is 11.7 Å². The highest BCUT2D eigenvalue weighted by Crippen LogP contribution is 2.49. The van der Waals surface area contributed by atoms with Crippen molar-refractivity contribution in [2.24, 2.45) is 5.41 Å². The van der Waals surface area contributed by atoms with E-state index in [-0.39, 0.29) is 12.2 Å². The number of carboxylic acids is 1. The number of nitrogens with zero attached hydrogens (tertiary/aromatic N) is 1. The maximum Gasteiger partial charge on any atom is 0.312 e. The lowest BCUT2D eigenvalue weighted by Gasteiger charge is -2.30. The SMILES string of the molecule is O=C(O)C1(Cc2cnoc2)CC2CCC1O2. The summed E-state index contributed by atoms with van der Waals surface area (Å²) >= 11 is 0. The standard InChI is InChI=1S/C11H13NO4/c13-10(14)11(3-7-5-12-15-6-7)4-8-1-2-9(11)16-8/h5-6,8-9H,1-4H2,(H,13,14). The van der Waals surface area contributed by atoms with E-state index >= 15 is 0 Å². The molecular formula is C11H13NO4. The van der Waals surface area contributed by atoms with Gasteiger partial charge in [0.15, 0.2) is 0 Å². The Morgan fingerprint density at radius 1 is 1.62 bits per heavy atom. The summed E-state index contributed by atoms with van der Waals surface area (Å²) in [5.41, 5.74) is 0.0626. The molecule has 1 aromatic heterocycles. The Balaban J connectivity index is 1.89. The van der Waals surface area contributed by atoms with Crippen LogP contribution in [0.4, 0.5) is 0 Å². The molecule has 2 aliphatic heterocycles. The van der Waals surface area contributed by atoms with Crippen LogP contribution in [0.3, 0.4) is 0 Å². The third-order valence-electron chi connectivity index (χ3n) is 3.74. The molecule has 0 saturated carbocycles. The van der Waals surface area contributed by atoms with E-state index in [0.717, 1.165) is 18.4 Å². The molecule has 3 atom stereocenters. The zero-order valence-corrected chi connectivity index (χ0v) is 8.76. The highest BCUT2D eigenvalue weighted by molar-refractivity contribution is 5.76. The molecule has 0 spiro atoms. The van der Waals surface area contributed by atoms with Gasteiger partial charge in [0.2, 0.25) is 0 Å². The summed E-state index contributed by atoms with van der Waals surface area (Å²) in [6, 6.07) is 0. The van der Waals surface area contributed by atoms with Crippen LogP contribution in [0.25, 0.3) is 0 Å². The molecule has 5 heteroatoms. The van der Waals surface area contributed by atoms with Gasteiger partial charge in [-0.05, 0) is 25.7 Å². The summed E-state index contributed by atoms with van der Waals surface area (Å²) in [5.74, 6) is -0.763. The molecule has 2 fully saturated rings. The average Bonchev–Trinajstić information content (AvgIpc) is 2.92. The molecule has 3 heterocycles. The summed E-state index contributed by atoms with van der Waals surface area (Å²) in [7, 11) is 0. The van der Waals surface area contributed by atoms with Crippen LogP contribution in [0.2, 0.25) is 0 Å². The number of carbonyl (C=O) groups is 1. The molecule has 5 nitrogen and oxygen atoms in total. The van der Waals surface area contributed by atoms with Gasteiger partial charge in [0, 0.05) is 5.56 Å². The molecule has 2 bridgehead atoms. The Morgan fingerprint density at radius 3 is 3.00 bits per heavy atom. The molecule has 3 unspecified atom stereocenters. The third kappa shape index (κ3) is 1.28. The fourth-order valence-electron chi connectivity index (χ4n) is 2.96. The quantitative estimate of drug-likeness (QED) is 0.834. The smallest absolute Gasteiger partial charge is 0.312 e. The molecule has 86 valence electrons. The van der Waals surface area contributed by atoms with Crippen molar-refractivity contribution in [2.45, 2.75) is 37.9 Å². The number of carboxylic acid groups (broad SMARTS) is 1. The van der Waals surface area contributed by atoms with Crippen LogP contribution in [-0.2, 0) is 16.0 Å². The van der Waals surface area contributed by atoms with Crippen molar-refractivity contribution in [2.75, 3.05) is 0 Å². The molecule has 16 heavy (non-hydrogen) atoms. The molecule has 0 amide bonds. The van der Waals surface area contributed by atoms with Crippen molar-refractivity contribution in [1.82, 2.24) is 5.16 Å². The number of hydrogen-bond acceptors (Lipinski definition) is 4. The van der Waals surface area contributed by atoms with Crippen LogP contribution in [0.15, 0.2) is 17.0 Å². The zero-order chi connectivity index (χ0) is 11.2. The van der Waals surface area contributed by atoms with Crippen molar-refractivity contribution in [3.8, 4) is 0 Å². The van der Waals surface area contributed by atoms with Gasteiger partial charge in [-0.1, -0.05) is 5.16 Å². The lowest BCUT2D eigenvalue weighted by atomic mass is 9.70. The van der Waals surface area contributed by atoms with E-state index in [1.807, 2.05) is 0 Å². The lowest BCUT2D eigenvalue weighted by Crippen LogP contribution is -2.42. The minimum absolute atomic E-state index is 0.126. The van der Waals surface area contributed by atoms with Crippen molar-refractivity contribution >= 4 is 5.97 Å². The molecule has 2 saturated heterocycles. The number of fused-ring (bicyclic) bond motifs is 2. The van der Waals surface area contributed by atoms with E-state index in [1.165, 1.54) is 6.26 Å². The third-order valence-corrected chi connectivity index (χ3v) is 3.74. The van der Waals surface area contributed by atoms with Crippen LogP contribution in [-0.4, -0.2) is 28.4 Å². The van der Waals surface area contributed by atoms with Crippen LogP contribution in [0.5, 0.6) is 0 Å². The Hall–Kier alpha value is -1.36. The normalized spacial score (nSPS) is 36.8. The molecule has 2 aliphatic rings. The first-order valence-corrected chi connectivity index (χ1v) is 5.48. The number of ether oxygens (including phenoxy) is 1. The number of aromatic nitrogens is 1. The fraction of sp³-hybridized carbons (Fsp3) is 0.636. The average molecular weight is 223 g/mol. The predicted molar refractivity (Wildman–Crippen MR) is 52.8 cm³/mol. The van der Waals surface area contributed by atoms with Crippen molar-refractivity contribution in [3.63, 3.8) is 0 Å². The topological polar surface area (TPSA) is 72.6 Å². The first-order valence-electron chi connectivity index (χ1n) is 5.48. The number of hydrogen-bond donors (Lipinski definition) is 1. The summed E-state index contributed by atoms with van der Waals surface area (Å²) in [5, 5.41) is 13.1. The van der Waals surface area contributed by atoms with Crippen molar-refractivity contribution < 1.29 is 19.2 Å². The van der Waals surface area contributed by atoms with Gasteiger partial charge in [0.25, 0.3) is 0 Å². The first kappa shape index (κ1) is 9.84. The van der Waals surface area contributed by atoms with Gasteiger partial charge in [0.05, 0.1) is 18.4 Å². The van der Waals surface area contributed by atoms with E-state index in [9.17, 15) is 9.90 Å². The highest BCUT2D eigenvalue weighted by atomic mass is 16.5. The van der Waals surface area contributed by atoms with Crippen molar-refractivity contribution in [3.05, 3.63) is 18.0 Å². The zero-order valence-electron chi connectivity index (χ0n) is 8.76. The monoisotopic (exact) mass is 223 g/mol. The second-order valence-electron chi connectivity index (χ2n) is 4.70. The Morgan fingerprint density at radius 2 is 2.50 bits per heavy atom. The second-order valence-corrected chi connectivity index (χ2v) is 4.70. The molecule has 1 N–H and O–H groups in total. The summed E-state index contributed by atoms with van der Waals surface area (Å²) in [6.07, 6.45) is 5.97. The summed E-state index contributed by atoms with van der Waals surface area (Å²) in [4.78, 5) is 11.5. The molecule has 3 rings (SSSR count). The first-order chi connectivity index (χ1) is 7.71. The highest BCUT2D eigenvalue weighted by Gasteiger charge is 2.57. The van der Waals surface area contributed by atoms with Gasteiger partial charge in [-0.3, -0.25) is 4.79 Å². The van der Waals surface area contributed by atoms with Crippen LogP contribution >= 0.6 is 0 Å². The Kier molecular flexibility index (Phi) is 2.04. The molecule has 0 aliphatic carbocycles. The van der Waals surface area contributed by atoms with Gasteiger partial charge in [-0.15, -0.1) is 0 Å².